The summed E-state index contributed by atoms with van der Waals surface area (Å²) in [5.74, 6) is 0. The van der Waals surface area contributed by atoms with E-state index in [4.69, 9.17) is 16.3 Å². The summed E-state index contributed by atoms with van der Waals surface area (Å²) in [4.78, 5) is 8.18. The first-order chi connectivity index (χ1) is 5.77. The minimum absolute atomic E-state index is 0.426. The van der Waals surface area contributed by atoms with Crippen LogP contribution in [0.1, 0.15) is 5.69 Å². The Morgan fingerprint density at radius 2 is 2.42 bits per heavy atom. The fourth-order valence-electron chi connectivity index (χ4n) is 0.720. The van der Waals surface area contributed by atoms with Crippen LogP contribution in [0, 0.1) is 0 Å². The molecule has 0 aliphatic rings. The molecule has 0 bridgehead atoms. The van der Waals surface area contributed by atoms with Gasteiger partial charge >= 0.3 is 0 Å². The molecule has 0 saturated heterocycles. The number of aromatic nitrogens is 2. The van der Waals surface area contributed by atoms with Crippen LogP contribution in [-0.4, -0.2) is 23.3 Å². The van der Waals surface area contributed by atoms with Crippen LogP contribution in [0.25, 0.3) is 0 Å². The molecule has 0 unspecified atom stereocenters. The third-order valence-electron chi connectivity index (χ3n) is 1.26. The molecule has 1 aromatic rings. The van der Waals surface area contributed by atoms with Gasteiger partial charge < -0.3 is 4.74 Å². The van der Waals surface area contributed by atoms with E-state index >= 15 is 0 Å². The molecule has 0 saturated carbocycles. The third kappa shape index (κ3) is 2.33. The van der Waals surface area contributed by atoms with Crippen LogP contribution in [0.2, 0.25) is 5.02 Å². The lowest BCUT2D eigenvalue weighted by molar-refractivity contribution is 0.181. The van der Waals surface area contributed by atoms with Crippen molar-refractivity contribution in [1.29, 1.82) is 0 Å². The molecule has 5 heteroatoms. The SMILES string of the molecule is COCc1nc(SC)ncc1Cl. The molecule has 12 heavy (non-hydrogen) atoms. The van der Waals surface area contributed by atoms with Gasteiger partial charge in [0.15, 0.2) is 5.16 Å². The summed E-state index contributed by atoms with van der Waals surface area (Å²) in [6.07, 6.45) is 3.51. The molecule has 0 fully saturated rings. The predicted octanol–water partition coefficient (Wildman–Crippen LogP) is 2.00. The standard InChI is InChI=1S/C7H9ClN2OS/c1-11-4-6-5(8)3-9-7(10-6)12-2/h3H,4H2,1-2H3. The molecule has 0 atom stereocenters. The molecule has 0 radical (unpaired) electrons. The van der Waals surface area contributed by atoms with Gasteiger partial charge in [0.1, 0.15) is 0 Å². The maximum atomic E-state index is 5.82. The third-order valence-corrected chi connectivity index (χ3v) is 2.14. The van der Waals surface area contributed by atoms with Gasteiger partial charge in [-0.15, -0.1) is 0 Å². The molecule has 3 nitrogen and oxygen atoms in total. The Balaban J connectivity index is 2.91. The van der Waals surface area contributed by atoms with Gasteiger partial charge in [0.25, 0.3) is 0 Å². The van der Waals surface area contributed by atoms with Crippen molar-refractivity contribution in [3.05, 3.63) is 16.9 Å². The summed E-state index contributed by atoms with van der Waals surface area (Å²) in [6, 6.07) is 0. The van der Waals surface area contributed by atoms with Gasteiger partial charge in [-0.3, -0.25) is 0 Å². The average Bonchev–Trinajstić information content (AvgIpc) is 2.09. The quantitative estimate of drug-likeness (QED) is 0.557. The Bertz CT molecular complexity index is 270. The van der Waals surface area contributed by atoms with Crippen molar-refractivity contribution in [1.82, 2.24) is 9.97 Å². The highest BCUT2D eigenvalue weighted by Crippen LogP contribution is 2.16. The Labute approximate surface area is 80.5 Å². The number of thioether (sulfide) groups is 1. The number of hydrogen-bond donors (Lipinski definition) is 0. The summed E-state index contributed by atoms with van der Waals surface area (Å²) >= 11 is 7.30. The molecular weight excluding hydrogens is 196 g/mol. The van der Waals surface area contributed by atoms with Gasteiger partial charge in [0.2, 0.25) is 0 Å². The lowest BCUT2D eigenvalue weighted by Crippen LogP contribution is -1.96. The number of rotatable bonds is 3. The fourth-order valence-corrected chi connectivity index (χ4v) is 1.23. The zero-order valence-corrected chi connectivity index (χ0v) is 8.45. The predicted molar refractivity (Wildman–Crippen MR) is 49.5 cm³/mol. The molecule has 1 rings (SSSR count). The number of nitrogens with zero attached hydrogens (tertiary/aromatic N) is 2. The largest absolute Gasteiger partial charge is 0.378 e. The van der Waals surface area contributed by atoms with Crippen LogP contribution in [0.15, 0.2) is 11.4 Å². The van der Waals surface area contributed by atoms with Crippen molar-refractivity contribution in [2.24, 2.45) is 0 Å². The Hall–Kier alpha value is -0.320. The van der Waals surface area contributed by atoms with Gasteiger partial charge in [-0.25, -0.2) is 9.97 Å². The first-order valence-electron chi connectivity index (χ1n) is 3.32. The van der Waals surface area contributed by atoms with E-state index in [1.54, 1.807) is 13.3 Å². The highest BCUT2D eigenvalue weighted by molar-refractivity contribution is 7.98. The molecule has 0 aliphatic heterocycles. The second-order valence-corrected chi connectivity index (χ2v) is 3.26. The van der Waals surface area contributed by atoms with Crippen LogP contribution in [0.5, 0.6) is 0 Å². The van der Waals surface area contributed by atoms with Crippen molar-refractivity contribution in [2.75, 3.05) is 13.4 Å². The Morgan fingerprint density at radius 3 is 3.00 bits per heavy atom. The summed E-state index contributed by atoms with van der Waals surface area (Å²) in [6.45, 7) is 0.426. The van der Waals surface area contributed by atoms with E-state index in [1.807, 2.05) is 6.26 Å². The molecule has 66 valence electrons. The van der Waals surface area contributed by atoms with Crippen LogP contribution < -0.4 is 0 Å². The van der Waals surface area contributed by atoms with Gasteiger partial charge in [-0.2, -0.15) is 0 Å². The van der Waals surface area contributed by atoms with Crippen molar-refractivity contribution in [3.8, 4) is 0 Å². The van der Waals surface area contributed by atoms with E-state index in [0.29, 0.717) is 16.8 Å². The lowest BCUT2D eigenvalue weighted by atomic mass is 10.4. The number of halogens is 1. The normalized spacial score (nSPS) is 10.2. The van der Waals surface area contributed by atoms with E-state index in [-0.39, 0.29) is 0 Å². The van der Waals surface area contributed by atoms with Crippen molar-refractivity contribution < 1.29 is 4.74 Å². The minimum atomic E-state index is 0.426. The first-order valence-corrected chi connectivity index (χ1v) is 4.92. The maximum Gasteiger partial charge on any atom is 0.187 e. The summed E-state index contributed by atoms with van der Waals surface area (Å²) < 4.78 is 4.92. The minimum Gasteiger partial charge on any atom is -0.378 e. The number of hydrogen-bond acceptors (Lipinski definition) is 4. The summed E-state index contributed by atoms with van der Waals surface area (Å²) in [5.41, 5.74) is 0.735. The number of ether oxygens (including phenoxy) is 1. The molecule has 1 aromatic heterocycles. The van der Waals surface area contributed by atoms with Gasteiger partial charge in [-0.1, -0.05) is 23.4 Å². The first kappa shape index (κ1) is 9.77. The average molecular weight is 205 g/mol. The topological polar surface area (TPSA) is 35.0 Å². The van der Waals surface area contributed by atoms with E-state index in [2.05, 4.69) is 9.97 Å². The monoisotopic (exact) mass is 204 g/mol. The molecular formula is C7H9ClN2OS. The van der Waals surface area contributed by atoms with Gasteiger partial charge in [0.05, 0.1) is 23.5 Å². The molecule has 0 spiro atoms. The molecule has 0 aromatic carbocycles. The fraction of sp³-hybridized carbons (Fsp3) is 0.429. The van der Waals surface area contributed by atoms with Crippen LogP contribution in [-0.2, 0) is 11.3 Å². The lowest BCUT2D eigenvalue weighted by Gasteiger charge is -2.02. The highest BCUT2D eigenvalue weighted by atomic mass is 35.5. The van der Waals surface area contributed by atoms with Crippen molar-refractivity contribution in [2.45, 2.75) is 11.8 Å². The summed E-state index contributed by atoms with van der Waals surface area (Å²) in [7, 11) is 1.61. The highest BCUT2D eigenvalue weighted by Gasteiger charge is 2.03. The molecule has 1 heterocycles. The van der Waals surface area contributed by atoms with Gasteiger partial charge in [0, 0.05) is 7.11 Å². The van der Waals surface area contributed by atoms with Crippen molar-refractivity contribution >= 4 is 23.4 Å². The van der Waals surface area contributed by atoms with E-state index in [0.717, 1.165) is 5.69 Å². The van der Waals surface area contributed by atoms with Crippen molar-refractivity contribution in [3.63, 3.8) is 0 Å². The van der Waals surface area contributed by atoms with Crippen LogP contribution >= 0.6 is 23.4 Å². The Morgan fingerprint density at radius 1 is 1.67 bits per heavy atom. The second kappa shape index (κ2) is 4.64. The number of methoxy groups -OCH3 is 1. The zero-order chi connectivity index (χ0) is 8.97. The molecule has 0 N–H and O–H groups in total. The Kier molecular flexibility index (Phi) is 3.78. The summed E-state index contributed by atoms with van der Waals surface area (Å²) in [5, 5.41) is 1.26. The zero-order valence-electron chi connectivity index (χ0n) is 6.87. The maximum absolute atomic E-state index is 5.82. The molecule has 0 aliphatic carbocycles. The van der Waals surface area contributed by atoms with E-state index < -0.39 is 0 Å². The molecule has 0 amide bonds. The van der Waals surface area contributed by atoms with Crippen LogP contribution in [0.4, 0.5) is 0 Å². The van der Waals surface area contributed by atoms with Crippen LogP contribution in [0.3, 0.4) is 0 Å². The van der Waals surface area contributed by atoms with E-state index in [1.165, 1.54) is 11.8 Å². The van der Waals surface area contributed by atoms with E-state index in [9.17, 15) is 0 Å². The smallest absolute Gasteiger partial charge is 0.187 e. The second-order valence-electron chi connectivity index (χ2n) is 2.08. The van der Waals surface area contributed by atoms with Gasteiger partial charge in [-0.05, 0) is 6.26 Å².